The highest BCUT2D eigenvalue weighted by Crippen LogP contribution is 2.26. The number of rotatable bonds is 4. The normalized spacial score (nSPS) is 15.9. The lowest BCUT2D eigenvalue weighted by Gasteiger charge is -2.05. The third-order valence-corrected chi connectivity index (χ3v) is 3.72. The predicted octanol–water partition coefficient (Wildman–Crippen LogP) is 1.77. The van der Waals surface area contributed by atoms with Gasteiger partial charge in [0.05, 0.1) is 5.69 Å². The standard InChI is InChI=1S/C10H17N3S/c1-7-9(6-11-8-4-5-8)14-10(12-7)13(2)3/h8,11H,4-6H2,1-3H3. The van der Waals surface area contributed by atoms with E-state index in [1.807, 2.05) is 14.1 Å². The van der Waals surface area contributed by atoms with Crippen LogP contribution in [0.3, 0.4) is 0 Å². The molecular weight excluding hydrogens is 194 g/mol. The van der Waals surface area contributed by atoms with Gasteiger partial charge in [0.15, 0.2) is 5.13 Å². The molecule has 0 bridgehead atoms. The molecule has 0 aromatic carbocycles. The van der Waals surface area contributed by atoms with Crippen molar-refractivity contribution in [1.82, 2.24) is 10.3 Å². The molecule has 1 fully saturated rings. The van der Waals surface area contributed by atoms with Crippen LogP contribution in [0.15, 0.2) is 0 Å². The lowest BCUT2D eigenvalue weighted by Crippen LogP contribution is -2.14. The topological polar surface area (TPSA) is 28.2 Å². The molecule has 2 rings (SSSR count). The Morgan fingerprint density at radius 3 is 2.71 bits per heavy atom. The molecule has 3 nitrogen and oxygen atoms in total. The Hall–Kier alpha value is -0.610. The molecule has 14 heavy (non-hydrogen) atoms. The van der Waals surface area contributed by atoms with Gasteiger partial charge < -0.3 is 10.2 Å². The molecule has 78 valence electrons. The minimum atomic E-state index is 0.777. The Bertz CT molecular complexity index is 315. The quantitative estimate of drug-likeness (QED) is 0.822. The van der Waals surface area contributed by atoms with Gasteiger partial charge in [-0.3, -0.25) is 0 Å². The first kappa shape index (κ1) is 9.93. The number of thiazole rings is 1. The molecule has 0 spiro atoms. The van der Waals surface area contributed by atoms with Crippen molar-refractivity contribution in [3.63, 3.8) is 0 Å². The van der Waals surface area contributed by atoms with Gasteiger partial charge in [0, 0.05) is 31.6 Å². The van der Waals surface area contributed by atoms with E-state index in [0.717, 1.165) is 17.7 Å². The second-order valence-electron chi connectivity index (χ2n) is 4.05. The molecule has 1 aliphatic rings. The van der Waals surface area contributed by atoms with E-state index in [2.05, 4.69) is 22.1 Å². The molecule has 1 heterocycles. The van der Waals surface area contributed by atoms with E-state index in [1.165, 1.54) is 23.4 Å². The summed E-state index contributed by atoms with van der Waals surface area (Å²) in [4.78, 5) is 7.96. The molecule has 1 aliphatic carbocycles. The molecule has 1 aromatic rings. The second-order valence-corrected chi connectivity index (χ2v) is 5.12. The minimum absolute atomic E-state index is 0.777. The van der Waals surface area contributed by atoms with E-state index in [-0.39, 0.29) is 0 Å². The molecule has 0 saturated heterocycles. The van der Waals surface area contributed by atoms with Crippen molar-refractivity contribution in [2.75, 3.05) is 19.0 Å². The molecule has 1 N–H and O–H groups in total. The Labute approximate surface area is 89.1 Å². The van der Waals surface area contributed by atoms with Crippen LogP contribution in [0.25, 0.3) is 0 Å². The molecule has 1 aromatic heterocycles. The lowest BCUT2D eigenvalue weighted by molar-refractivity contribution is 0.691. The molecule has 0 amide bonds. The summed E-state index contributed by atoms with van der Waals surface area (Å²) in [5.74, 6) is 0. The fourth-order valence-corrected chi connectivity index (χ4v) is 2.23. The number of hydrogen-bond donors (Lipinski definition) is 1. The summed E-state index contributed by atoms with van der Waals surface area (Å²) >= 11 is 1.79. The highest BCUT2D eigenvalue weighted by atomic mass is 32.1. The highest BCUT2D eigenvalue weighted by Gasteiger charge is 2.21. The first-order chi connectivity index (χ1) is 6.66. The highest BCUT2D eigenvalue weighted by molar-refractivity contribution is 7.15. The first-order valence-corrected chi connectivity index (χ1v) is 5.85. The Morgan fingerprint density at radius 2 is 2.21 bits per heavy atom. The first-order valence-electron chi connectivity index (χ1n) is 5.04. The maximum atomic E-state index is 4.51. The van der Waals surface area contributed by atoms with Gasteiger partial charge in [0.25, 0.3) is 0 Å². The van der Waals surface area contributed by atoms with Crippen molar-refractivity contribution in [1.29, 1.82) is 0 Å². The van der Waals surface area contributed by atoms with Crippen molar-refractivity contribution in [3.05, 3.63) is 10.6 Å². The zero-order chi connectivity index (χ0) is 10.1. The van der Waals surface area contributed by atoms with Crippen molar-refractivity contribution < 1.29 is 0 Å². The second kappa shape index (κ2) is 3.87. The van der Waals surface area contributed by atoms with Gasteiger partial charge in [-0.05, 0) is 19.8 Å². The van der Waals surface area contributed by atoms with Crippen LogP contribution in [0, 0.1) is 6.92 Å². The van der Waals surface area contributed by atoms with Crippen LogP contribution >= 0.6 is 11.3 Å². The number of nitrogens with zero attached hydrogens (tertiary/aromatic N) is 2. The monoisotopic (exact) mass is 211 g/mol. The number of nitrogens with one attached hydrogen (secondary N) is 1. The Balaban J connectivity index is 2.00. The van der Waals surface area contributed by atoms with Crippen LogP contribution in [0.1, 0.15) is 23.4 Å². The molecular formula is C10H17N3S. The summed E-state index contributed by atoms with van der Waals surface area (Å²) < 4.78 is 0. The molecule has 0 atom stereocenters. The van der Waals surface area contributed by atoms with Crippen molar-refractivity contribution in [2.24, 2.45) is 0 Å². The predicted molar refractivity (Wildman–Crippen MR) is 61.0 cm³/mol. The third-order valence-electron chi connectivity index (χ3n) is 2.39. The van der Waals surface area contributed by atoms with Crippen LogP contribution < -0.4 is 10.2 Å². The van der Waals surface area contributed by atoms with E-state index in [4.69, 9.17) is 0 Å². The fourth-order valence-electron chi connectivity index (χ4n) is 1.29. The van der Waals surface area contributed by atoms with Gasteiger partial charge in [-0.15, -0.1) is 11.3 Å². The molecule has 1 saturated carbocycles. The molecule has 4 heteroatoms. The van der Waals surface area contributed by atoms with E-state index in [1.54, 1.807) is 11.3 Å². The van der Waals surface area contributed by atoms with E-state index in [0.29, 0.717) is 0 Å². The summed E-state index contributed by atoms with van der Waals surface area (Å²) in [5, 5.41) is 4.62. The fraction of sp³-hybridized carbons (Fsp3) is 0.700. The van der Waals surface area contributed by atoms with Gasteiger partial charge in [-0.25, -0.2) is 4.98 Å². The van der Waals surface area contributed by atoms with Crippen molar-refractivity contribution in [2.45, 2.75) is 32.4 Å². The maximum Gasteiger partial charge on any atom is 0.185 e. The van der Waals surface area contributed by atoms with Crippen molar-refractivity contribution >= 4 is 16.5 Å². The van der Waals surface area contributed by atoms with Crippen LogP contribution in [-0.2, 0) is 6.54 Å². The summed E-state index contributed by atoms with van der Waals surface area (Å²) in [6, 6.07) is 0.777. The summed E-state index contributed by atoms with van der Waals surface area (Å²) in [6.45, 7) is 3.08. The Morgan fingerprint density at radius 1 is 1.50 bits per heavy atom. The summed E-state index contributed by atoms with van der Waals surface area (Å²) in [6.07, 6.45) is 2.69. The van der Waals surface area contributed by atoms with E-state index < -0.39 is 0 Å². The maximum absolute atomic E-state index is 4.51. The number of anilines is 1. The molecule has 0 aliphatic heterocycles. The van der Waals surface area contributed by atoms with Gasteiger partial charge in [-0.2, -0.15) is 0 Å². The van der Waals surface area contributed by atoms with Crippen LogP contribution in [0.5, 0.6) is 0 Å². The van der Waals surface area contributed by atoms with E-state index in [9.17, 15) is 0 Å². The summed E-state index contributed by atoms with van der Waals surface area (Å²) in [7, 11) is 4.08. The average molecular weight is 211 g/mol. The molecule has 0 unspecified atom stereocenters. The van der Waals surface area contributed by atoms with Gasteiger partial charge in [0.1, 0.15) is 0 Å². The summed E-state index contributed by atoms with van der Waals surface area (Å²) in [5.41, 5.74) is 1.17. The Kier molecular flexibility index (Phi) is 2.74. The largest absolute Gasteiger partial charge is 0.354 e. The number of aromatic nitrogens is 1. The van der Waals surface area contributed by atoms with Crippen LogP contribution in [0.4, 0.5) is 5.13 Å². The SMILES string of the molecule is Cc1nc(N(C)C)sc1CNC1CC1. The number of aryl methyl sites for hydroxylation is 1. The lowest BCUT2D eigenvalue weighted by atomic mass is 10.4. The van der Waals surface area contributed by atoms with Crippen LogP contribution in [0.2, 0.25) is 0 Å². The van der Waals surface area contributed by atoms with Crippen LogP contribution in [-0.4, -0.2) is 25.1 Å². The average Bonchev–Trinajstić information content (AvgIpc) is 2.87. The van der Waals surface area contributed by atoms with Gasteiger partial charge >= 0.3 is 0 Å². The zero-order valence-electron chi connectivity index (χ0n) is 9.00. The van der Waals surface area contributed by atoms with Gasteiger partial charge in [-0.1, -0.05) is 0 Å². The number of hydrogen-bond acceptors (Lipinski definition) is 4. The third kappa shape index (κ3) is 2.25. The minimum Gasteiger partial charge on any atom is -0.354 e. The molecule has 0 radical (unpaired) electrons. The smallest absolute Gasteiger partial charge is 0.185 e. The zero-order valence-corrected chi connectivity index (χ0v) is 9.82. The van der Waals surface area contributed by atoms with Gasteiger partial charge in [0.2, 0.25) is 0 Å². The van der Waals surface area contributed by atoms with E-state index >= 15 is 0 Å². The van der Waals surface area contributed by atoms with Crippen molar-refractivity contribution in [3.8, 4) is 0 Å².